The van der Waals surface area contributed by atoms with Gasteiger partial charge < -0.3 is 63.2 Å². The van der Waals surface area contributed by atoms with Crippen molar-refractivity contribution in [2.24, 2.45) is 5.73 Å². The van der Waals surface area contributed by atoms with E-state index in [1.807, 2.05) is 0 Å². The van der Waals surface area contributed by atoms with Gasteiger partial charge in [0.2, 0.25) is 5.91 Å². The number of esters is 7. The van der Waals surface area contributed by atoms with E-state index in [-0.39, 0.29) is 11.1 Å². The molecule has 3 N–H and O–H groups in total. The van der Waals surface area contributed by atoms with Crippen LogP contribution in [0.25, 0.3) is 0 Å². The molecule has 4 rings (SSSR count). The summed E-state index contributed by atoms with van der Waals surface area (Å²) in [6.07, 6.45) is -16.4. The van der Waals surface area contributed by atoms with Crippen LogP contribution in [-0.4, -0.2) is 140 Å². The fourth-order valence-corrected chi connectivity index (χ4v) is 6.74. The largest absolute Gasteiger partial charge is 0.463 e. The van der Waals surface area contributed by atoms with E-state index in [9.17, 15) is 38.4 Å². The third-order valence-electron chi connectivity index (χ3n) is 9.43. The van der Waals surface area contributed by atoms with E-state index >= 15 is 0 Å². The molecule has 2 aliphatic heterocycles. The van der Waals surface area contributed by atoms with Crippen molar-refractivity contribution in [3.8, 4) is 0 Å². The predicted molar refractivity (Wildman–Crippen MR) is 220 cm³/mol. The van der Waals surface area contributed by atoms with Crippen molar-refractivity contribution in [2.45, 2.75) is 141 Å². The highest BCUT2D eigenvalue weighted by atomic mass is 16.8. The molecule has 0 spiro atoms. The van der Waals surface area contributed by atoms with E-state index in [0.717, 1.165) is 34.6 Å². The third-order valence-corrected chi connectivity index (χ3v) is 9.43. The lowest BCUT2D eigenvalue weighted by Gasteiger charge is -2.49. The summed E-state index contributed by atoms with van der Waals surface area (Å²) in [5, 5.41) is 2.67. The van der Waals surface area contributed by atoms with Crippen molar-refractivity contribution >= 4 is 47.7 Å². The minimum atomic E-state index is -1.91. The van der Waals surface area contributed by atoms with Crippen molar-refractivity contribution in [3.63, 3.8) is 0 Å². The van der Waals surface area contributed by atoms with Crippen LogP contribution in [0.5, 0.6) is 0 Å². The number of ether oxygens (including phenoxy) is 11. The summed E-state index contributed by atoms with van der Waals surface area (Å²) in [4.78, 5) is 103. The summed E-state index contributed by atoms with van der Waals surface area (Å²) in [5.41, 5.74) is 5.56. The monoisotopic (exact) mass is 916 g/mol. The van der Waals surface area contributed by atoms with Gasteiger partial charge in [0.05, 0.1) is 17.2 Å². The van der Waals surface area contributed by atoms with Crippen molar-refractivity contribution in [1.29, 1.82) is 0 Å². The van der Waals surface area contributed by atoms with E-state index < -0.39 is 140 Å². The molecule has 1 amide bonds. The van der Waals surface area contributed by atoms with Gasteiger partial charge in [-0.25, -0.2) is 9.59 Å². The fraction of sp³-hybridized carbons (Fsp3) is 0.545. The first-order valence-corrected chi connectivity index (χ1v) is 20.5. The number of nitrogens with two attached hydrogens (primary N) is 1. The van der Waals surface area contributed by atoms with Crippen molar-refractivity contribution < 1.29 is 90.5 Å². The molecule has 2 heterocycles. The maximum atomic E-state index is 14.0. The molecular weight excluding hydrogens is 860 g/mol. The highest BCUT2D eigenvalue weighted by Crippen LogP contribution is 2.35. The smallest absolute Gasteiger partial charge is 0.338 e. The maximum absolute atomic E-state index is 14.0. The summed E-state index contributed by atoms with van der Waals surface area (Å²) in [6, 6.07) is 12.5. The SMILES string of the molecule is CC(=O)N[C@H]1[C@@H](O[C@H](C)[C@H](N)C(=O)OC(C)(C)C)O[C@H](COC(=O)c2ccccc2)[C@H](OC(=O)c2ccccc2)[C@@H]1O[C@@H]1O[C@H](COC(C)=O)[C@H](OC(C)=O)[C@H](OC(C)=O)[C@H]1OC(C)=O. The van der Waals surface area contributed by atoms with Crippen LogP contribution in [0.1, 0.15) is 83.0 Å². The van der Waals surface area contributed by atoms with E-state index in [1.54, 1.807) is 57.2 Å². The number of hydrogen-bond acceptors (Lipinski definition) is 20. The van der Waals surface area contributed by atoms with E-state index in [4.69, 9.17) is 57.8 Å². The Hall–Kier alpha value is -6.00. The zero-order valence-corrected chi connectivity index (χ0v) is 37.4. The predicted octanol–water partition coefficient (Wildman–Crippen LogP) is 1.84. The van der Waals surface area contributed by atoms with Gasteiger partial charge in [-0.15, -0.1) is 0 Å². The molecule has 65 heavy (non-hydrogen) atoms. The van der Waals surface area contributed by atoms with Crippen LogP contribution in [0, 0.1) is 0 Å². The van der Waals surface area contributed by atoms with Gasteiger partial charge in [-0.2, -0.15) is 0 Å². The standard InChI is InChI=1S/C44H56N2O19/c1-22(32(45)41(54)65-44(7,8)9)57-42-33(46-23(2)47)36(34(63-40(53)29-18-14-11-15-19-29)31(61-42)21-56-39(52)28-16-12-10-13-17-28)64-43-38(60-27(6)51)37(59-26(5)50)35(58-25(4)49)30(62-43)20-55-24(3)48/h10-19,22,30-38,42-43H,20-21,45H2,1-9H3,(H,46,47)/t22-,30-,31-,32+,33-,34+,35+,36-,37+,38-,42+,43+/m1/s1. The molecule has 0 radical (unpaired) electrons. The average molecular weight is 917 g/mol. The Balaban J connectivity index is 1.92. The molecule has 12 atom stereocenters. The Morgan fingerprint density at radius 1 is 0.615 bits per heavy atom. The van der Waals surface area contributed by atoms with Crippen molar-refractivity contribution in [1.82, 2.24) is 5.32 Å². The number of rotatable bonds is 17. The Morgan fingerprint density at radius 3 is 1.60 bits per heavy atom. The lowest BCUT2D eigenvalue weighted by atomic mass is 9.94. The van der Waals surface area contributed by atoms with Crippen LogP contribution >= 0.6 is 0 Å². The molecular formula is C44H56N2O19. The molecule has 0 aliphatic carbocycles. The lowest BCUT2D eigenvalue weighted by molar-refractivity contribution is -0.348. The van der Waals surface area contributed by atoms with Gasteiger partial charge in [-0.3, -0.25) is 28.8 Å². The molecule has 0 saturated carbocycles. The molecule has 2 aromatic rings. The van der Waals surface area contributed by atoms with Crippen molar-refractivity contribution in [2.75, 3.05) is 13.2 Å². The third kappa shape index (κ3) is 15.3. The summed E-state index contributed by atoms with van der Waals surface area (Å²) in [5.74, 6) is -6.90. The van der Waals surface area contributed by atoms with Gasteiger partial charge in [0, 0.05) is 34.6 Å². The summed E-state index contributed by atoms with van der Waals surface area (Å²) in [6.45, 7) is 10.3. The number of benzene rings is 2. The molecule has 2 saturated heterocycles. The van der Waals surface area contributed by atoms with Gasteiger partial charge in [0.25, 0.3) is 0 Å². The van der Waals surface area contributed by atoms with Crippen molar-refractivity contribution in [3.05, 3.63) is 71.8 Å². The van der Waals surface area contributed by atoms with Crippen LogP contribution in [-0.2, 0) is 80.9 Å². The summed E-state index contributed by atoms with van der Waals surface area (Å²) >= 11 is 0. The highest BCUT2D eigenvalue weighted by Gasteiger charge is 2.57. The number of carbonyl (C=O) groups excluding carboxylic acids is 8. The molecule has 2 aromatic carbocycles. The van der Waals surface area contributed by atoms with Gasteiger partial charge >= 0.3 is 41.8 Å². The van der Waals surface area contributed by atoms with Crippen LogP contribution in [0.15, 0.2) is 60.7 Å². The van der Waals surface area contributed by atoms with Crippen LogP contribution < -0.4 is 11.1 Å². The molecule has 21 nitrogen and oxygen atoms in total. The average Bonchev–Trinajstić information content (AvgIpc) is 3.22. The fourth-order valence-electron chi connectivity index (χ4n) is 6.74. The Kier molecular flexibility index (Phi) is 18.5. The zero-order valence-electron chi connectivity index (χ0n) is 37.4. The molecule has 356 valence electrons. The molecule has 0 bridgehead atoms. The first-order chi connectivity index (χ1) is 30.5. The second-order valence-corrected chi connectivity index (χ2v) is 16.0. The quantitative estimate of drug-likeness (QED) is 0.169. The van der Waals surface area contributed by atoms with Gasteiger partial charge in [-0.05, 0) is 52.0 Å². The van der Waals surface area contributed by atoms with Crippen LogP contribution in [0.4, 0.5) is 0 Å². The number of amides is 1. The normalized spacial score (nSPS) is 26.2. The molecule has 21 heteroatoms. The topological polar surface area (TPSA) is 276 Å². The number of hydrogen-bond donors (Lipinski definition) is 2. The van der Waals surface area contributed by atoms with Crippen LogP contribution in [0.2, 0.25) is 0 Å². The molecule has 2 aliphatic rings. The highest BCUT2D eigenvalue weighted by molar-refractivity contribution is 5.90. The molecule has 0 aromatic heterocycles. The molecule has 0 unspecified atom stereocenters. The first kappa shape index (κ1) is 51.6. The van der Waals surface area contributed by atoms with E-state index in [2.05, 4.69) is 5.32 Å². The van der Waals surface area contributed by atoms with Gasteiger partial charge in [-0.1, -0.05) is 36.4 Å². The Morgan fingerprint density at radius 2 is 1.09 bits per heavy atom. The lowest BCUT2D eigenvalue weighted by Crippen LogP contribution is -2.70. The zero-order chi connectivity index (χ0) is 48.2. The minimum Gasteiger partial charge on any atom is -0.463 e. The summed E-state index contributed by atoms with van der Waals surface area (Å²) < 4.78 is 64.7. The first-order valence-electron chi connectivity index (χ1n) is 20.5. The van der Waals surface area contributed by atoms with E-state index in [0.29, 0.717) is 0 Å². The number of nitrogens with one attached hydrogen (secondary N) is 1. The second kappa shape index (κ2) is 23.3. The molecule has 2 fully saturated rings. The maximum Gasteiger partial charge on any atom is 0.338 e. The Bertz CT molecular complexity index is 1990. The van der Waals surface area contributed by atoms with E-state index in [1.165, 1.54) is 31.2 Å². The van der Waals surface area contributed by atoms with Crippen LogP contribution in [0.3, 0.4) is 0 Å². The second-order valence-electron chi connectivity index (χ2n) is 16.0. The number of carbonyl (C=O) groups is 8. The summed E-state index contributed by atoms with van der Waals surface area (Å²) in [7, 11) is 0. The van der Waals surface area contributed by atoms with Gasteiger partial charge in [0.15, 0.2) is 37.0 Å². The minimum absolute atomic E-state index is 0.0463. The Labute approximate surface area is 375 Å². The van der Waals surface area contributed by atoms with Gasteiger partial charge in [0.1, 0.15) is 49.2 Å².